The standard InChI is InChI=1S/C20H27N5O4/c1-15-3-2-4-16(11-15)22-18(27)12-17-20(29)21-5-6-25(17)19(28)13-23-7-9-24(14-26)10-8-23/h2-4,11,14,17H,5-10,12-13H2,1H3,(H,21,29)(H,22,27)/t17-/m0/s1. The van der Waals surface area contributed by atoms with Crippen molar-refractivity contribution in [1.82, 2.24) is 20.0 Å². The Balaban J connectivity index is 1.59. The lowest BCUT2D eigenvalue weighted by Crippen LogP contribution is -2.60. The lowest BCUT2D eigenvalue weighted by molar-refractivity contribution is -0.145. The van der Waals surface area contributed by atoms with E-state index >= 15 is 0 Å². The highest BCUT2D eigenvalue weighted by atomic mass is 16.2. The predicted molar refractivity (Wildman–Crippen MR) is 107 cm³/mol. The third-order valence-corrected chi connectivity index (χ3v) is 5.25. The molecule has 2 heterocycles. The number of hydrogen-bond acceptors (Lipinski definition) is 5. The molecular formula is C20H27N5O4. The average molecular weight is 401 g/mol. The van der Waals surface area contributed by atoms with Crippen LogP contribution in [-0.2, 0) is 19.2 Å². The van der Waals surface area contributed by atoms with Gasteiger partial charge in [0.25, 0.3) is 0 Å². The van der Waals surface area contributed by atoms with E-state index in [2.05, 4.69) is 10.6 Å². The second-order valence-corrected chi connectivity index (χ2v) is 7.43. The highest BCUT2D eigenvalue weighted by molar-refractivity contribution is 5.97. The van der Waals surface area contributed by atoms with Crippen LogP contribution < -0.4 is 10.6 Å². The Hall–Kier alpha value is -2.94. The Morgan fingerprint density at radius 3 is 2.66 bits per heavy atom. The fourth-order valence-corrected chi connectivity index (χ4v) is 3.64. The molecule has 0 unspecified atom stereocenters. The van der Waals surface area contributed by atoms with E-state index in [-0.39, 0.29) is 30.7 Å². The van der Waals surface area contributed by atoms with E-state index in [1.54, 1.807) is 11.0 Å². The minimum Gasteiger partial charge on any atom is -0.353 e. The van der Waals surface area contributed by atoms with Gasteiger partial charge >= 0.3 is 0 Å². The molecule has 4 amide bonds. The zero-order chi connectivity index (χ0) is 20.8. The van der Waals surface area contributed by atoms with E-state index in [1.807, 2.05) is 30.0 Å². The molecule has 156 valence electrons. The Bertz CT molecular complexity index is 776. The lowest BCUT2D eigenvalue weighted by Gasteiger charge is -2.37. The maximum Gasteiger partial charge on any atom is 0.243 e. The Kier molecular flexibility index (Phi) is 6.82. The number of nitrogens with zero attached hydrogens (tertiary/aromatic N) is 3. The summed E-state index contributed by atoms with van der Waals surface area (Å²) in [5.41, 5.74) is 1.68. The van der Waals surface area contributed by atoms with Gasteiger partial charge in [-0.3, -0.25) is 24.1 Å². The van der Waals surface area contributed by atoms with Crippen LogP contribution in [0.3, 0.4) is 0 Å². The maximum absolute atomic E-state index is 12.8. The van der Waals surface area contributed by atoms with Gasteiger partial charge in [0.15, 0.2) is 0 Å². The van der Waals surface area contributed by atoms with Crippen molar-refractivity contribution >= 4 is 29.8 Å². The summed E-state index contributed by atoms with van der Waals surface area (Å²) in [6, 6.07) is 6.59. The molecule has 0 aromatic heterocycles. The maximum atomic E-state index is 12.8. The van der Waals surface area contributed by atoms with Crippen molar-refractivity contribution in [3.63, 3.8) is 0 Å². The number of nitrogens with one attached hydrogen (secondary N) is 2. The van der Waals surface area contributed by atoms with Gasteiger partial charge in [-0.05, 0) is 24.6 Å². The highest BCUT2D eigenvalue weighted by Gasteiger charge is 2.35. The fraction of sp³-hybridized carbons (Fsp3) is 0.500. The molecule has 2 saturated heterocycles. The number of carbonyl (C=O) groups is 4. The van der Waals surface area contributed by atoms with Crippen molar-refractivity contribution < 1.29 is 19.2 Å². The van der Waals surface area contributed by atoms with Gasteiger partial charge in [0.2, 0.25) is 24.1 Å². The van der Waals surface area contributed by atoms with E-state index in [9.17, 15) is 19.2 Å². The molecule has 2 N–H and O–H groups in total. The monoisotopic (exact) mass is 401 g/mol. The Morgan fingerprint density at radius 2 is 1.97 bits per heavy atom. The van der Waals surface area contributed by atoms with Crippen LogP contribution in [0, 0.1) is 6.92 Å². The largest absolute Gasteiger partial charge is 0.353 e. The second-order valence-electron chi connectivity index (χ2n) is 7.43. The normalized spacial score (nSPS) is 20.2. The molecule has 9 heteroatoms. The molecule has 2 aliphatic rings. The summed E-state index contributed by atoms with van der Waals surface area (Å²) < 4.78 is 0. The van der Waals surface area contributed by atoms with Gasteiger partial charge in [-0.2, -0.15) is 0 Å². The summed E-state index contributed by atoms with van der Waals surface area (Å²) in [4.78, 5) is 53.7. The van der Waals surface area contributed by atoms with Crippen LogP contribution in [0.4, 0.5) is 5.69 Å². The molecular weight excluding hydrogens is 374 g/mol. The van der Waals surface area contributed by atoms with Gasteiger partial charge in [0.05, 0.1) is 13.0 Å². The van der Waals surface area contributed by atoms with E-state index < -0.39 is 6.04 Å². The number of amides is 4. The van der Waals surface area contributed by atoms with Crippen molar-refractivity contribution in [2.75, 3.05) is 51.1 Å². The summed E-state index contributed by atoms with van der Waals surface area (Å²) in [7, 11) is 0. The van der Waals surface area contributed by atoms with Crippen molar-refractivity contribution in [2.24, 2.45) is 0 Å². The quantitative estimate of drug-likeness (QED) is 0.622. The fourth-order valence-electron chi connectivity index (χ4n) is 3.64. The number of rotatable bonds is 6. The summed E-state index contributed by atoms with van der Waals surface area (Å²) in [5, 5.41) is 5.54. The van der Waals surface area contributed by atoms with Gasteiger partial charge in [0.1, 0.15) is 6.04 Å². The zero-order valence-corrected chi connectivity index (χ0v) is 16.6. The number of hydrogen-bond donors (Lipinski definition) is 2. The molecule has 2 fully saturated rings. The number of piperazine rings is 2. The number of anilines is 1. The van der Waals surface area contributed by atoms with Crippen LogP contribution in [0.2, 0.25) is 0 Å². The molecule has 0 saturated carbocycles. The van der Waals surface area contributed by atoms with Gasteiger partial charge in [-0.1, -0.05) is 12.1 Å². The van der Waals surface area contributed by atoms with Gasteiger partial charge in [0, 0.05) is 45.0 Å². The molecule has 0 bridgehead atoms. The third-order valence-electron chi connectivity index (χ3n) is 5.25. The highest BCUT2D eigenvalue weighted by Crippen LogP contribution is 2.14. The third kappa shape index (κ3) is 5.54. The van der Waals surface area contributed by atoms with E-state index in [4.69, 9.17) is 0 Å². The van der Waals surface area contributed by atoms with Crippen molar-refractivity contribution in [1.29, 1.82) is 0 Å². The lowest BCUT2D eigenvalue weighted by atomic mass is 10.1. The molecule has 3 rings (SSSR count). The minimum atomic E-state index is -0.822. The number of aryl methyl sites for hydroxylation is 1. The van der Waals surface area contributed by atoms with Gasteiger partial charge in [-0.25, -0.2) is 0 Å². The molecule has 0 aliphatic carbocycles. The molecule has 29 heavy (non-hydrogen) atoms. The number of carbonyl (C=O) groups excluding carboxylic acids is 4. The molecule has 9 nitrogen and oxygen atoms in total. The molecule has 1 aromatic rings. The van der Waals surface area contributed by atoms with E-state index in [0.29, 0.717) is 45.0 Å². The van der Waals surface area contributed by atoms with Gasteiger partial charge in [-0.15, -0.1) is 0 Å². The van der Waals surface area contributed by atoms with Crippen LogP contribution in [0.5, 0.6) is 0 Å². The van der Waals surface area contributed by atoms with Crippen molar-refractivity contribution in [2.45, 2.75) is 19.4 Å². The molecule has 2 aliphatic heterocycles. The first-order valence-electron chi connectivity index (χ1n) is 9.81. The zero-order valence-electron chi connectivity index (χ0n) is 16.6. The molecule has 1 aromatic carbocycles. The van der Waals surface area contributed by atoms with Crippen LogP contribution in [0.25, 0.3) is 0 Å². The Labute approximate surface area is 170 Å². The Morgan fingerprint density at radius 1 is 1.21 bits per heavy atom. The summed E-state index contributed by atoms with van der Waals surface area (Å²) in [6.07, 6.45) is 0.724. The average Bonchev–Trinajstić information content (AvgIpc) is 2.70. The molecule has 0 spiro atoms. The van der Waals surface area contributed by atoms with Crippen LogP contribution in [0.1, 0.15) is 12.0 Å². The minimum absolute atomic E-state index is 0.0928. The predicted octanol–water partition coefficient (Wildman–Crippen LogP) is -0.575. The summed E-state index contributed by atoms with van der Waals surface area (Å²) in [6.45, 7) is 5.25. The first-order valence-corrected chi connectivity index (χ1v) is 9.81. The summed E-state index contributed by atoms with van der Waals surface area (Å²) >= 11 is 0. The molecule has 1 atom stereocenters. The smallest absolute Gasteiger partial charge is 0.243 e. The second kappa shape index (κ2) is 9.51. The van der Waals surface area contributed by atoms with Crippen LogP contribution in [0.15, 0.2) is 24.3 Å². The SMILES string of the molecule is Cc1cccc(NC(=O)C[C@H]2C(=O)NCCN2C(=O)CN2CCN(C=O)CC2)c1. The van der Waals surface area contributed by atoms with Gasteiger partial charge < -0.3 is 20.4 Å². The van der Waals surface area contributed by atoms with E-state index in [0.717, 1.165) is 12.0 Å². The number of benzene rings is 1. The first kappa shape index (κ1) is 20.8. The molecule has 0 radical (unpaired) electrons. The first-order chi connectivity index (χ1) is 14.0. The summed E-state index contributed by atoms with van der Waals surface area (Å²) in [5.74, 6) is -0.794. The van der Waals surface area contributed by atoms with Crippen LogP contribution >= 0.6 is 0 Å². The van der Waals surface area contributed by atoms with Crippen molar-refractivity contribution in [3.05, 3.63) is 29.8 Å². The van der Waals surface area contributed by atoms with Crippen molar-refractivity contribution in [3.8, 4) is 0 Å². The van der Waals surface area contributed by atoms with E-state index in [1.165, 1.54) is 4.90 Å². The topological polar surface area (TPSA) is 102 Å². The van der Waals surface area contributed by atoms with Crippen LogP contribution in [-0.4, -0.2) is 90.7 Å².